The van der Waals surface area contributed by atoms with Gasteiger partial charge in [0.25, 0.3) is 0 Å². The largest absolute Gasteiger partial charge is 0.382 e. The van der Waals surface area contributed by atoms with Gasteiger partial charge in [0.2, 0.25) is 5.71 Å². The first-order valence-corrected chi connectivity index (χ1v) is 7.11. The Bertz CT molecular complexity index is 603. The number of nitrogens with one attached hydrogen (secondary N) is 2. The van der Waals surface area contributed by atoms with Gasteiger partial charge in [-0.05, 0) is 18.2 Å². The molecule has 21 heavy (non-hydrogen) atoms. The molecule has 0 saturated carbocycles. The van der Waals surface area contributed by atoms with Crippen molar-refractivity contribution in [2.45, 2.75) is 0 Å². The van der Waals surface area contributed by atoms with E-state index in [9.17, 15) is 0 Å². The van der Waals surface area contributed by atoms with Crippen molar-refractivity contribution in [3.05, 3.63) is 22.7 Å². The summed E-state index contributed by atoms with van der Waals surface area (Å²) in [6.07, 6.45) is 0. The predicted octanol–water partition coefficient (Wildman–Crippen LogP) is 1.51. The summed E-state index contributed by atoms with van der Waals surface area (Å²) < 4.78 is 6.23. The van der Waals surface area contributed by atoms with E-state index >= 15 is 0 Å². The molecule has 7 nitrogen and oxygen atoms in total. The maximum atomic E-state index is 8.87. The van der Waals surface area contributed by atoms with Gasteiger partial charge >= 0.3 is 0 Å². The number of hydrogen-bond acceptors (Lipinski definition) is 6. The standard InChI is InChI=1S/C13H15BrN6O/c14-9-1-2-12(20-3-5-21-6-4-20)10(7-9)18-19-11(8-15)13(16)17/h1-2,7,18H,3-6H2,(H3,16,17)/b19-11+. The third-order valence-electron chi connectivity index (χ3n) is 2.96. The van der Waals surface area contributed by atoms with Crippen LogP contribution in [0, 0.1) is 16.7 Å². The van der Waals surface area contributed by atoms with Crippen LogP contribution >= 0.6 is 15.9 Å². The Morgan fingerprint density at radius 3 is 2.81 bits per heavy atom. The molecule has 1 aliphatic heterocycles. The molecule has 1 saturated heterocycles. The second-order valence-electron chi connectivity index (χ2n) is 4.36. The number of halogens is 1. The molecule has 1 aliphatic rings. The summed E-state index contributed by atoms with van der Waals surface area (Å²) in [6, 6.07) is 7.55. The molecule has 110 valence electrons. The van der Waals surface area contributed by atoms with Gasteiger partial charge in [-0.25, -0.2) is 0 Å². The zero-order valence-electron chi connectivity index (χ0n) is 11.3. The van der Waals surface area contributed by atoms with Gasteiger partial charge in [-0.15, -0.1) is 0 Å². The Kier molecular flexibility index (Phi) is 5.14. The van der Waals surface area contributed by atoms with E-state index in [2.05, 4.69) is 31.4 Å². The third kappa shape index (κ3) is 3.93. The molecule has 1 aromatic rings. The highest BCUT2D eigenvalue weighted by atomic mass is 79.9. The average molecular weight is 351 g/mol. The highest BCUT2D eigenvalue weighted by Gasteiger charge is 2.15. The van der Waals surface area contributed by atoms with Crippen molar-refractivity contribution in [1.82, 2.24) is 0 Å². The molecule has 0 atom stereocenters. The van der Waals surface area contributed by atoms with Gasteiger partial charge in [-0.1, -0.05) is 15.9 Å². The van der Waals surface area contributed by atoms with Crippen molar-refractivity contribution >= 4 is 38.9 Å². The number of nitrogens with two attached hydrogens (primary N) is 1. The van der Waals surface area contributed by atoms with Gasteiger partial charge in [0.15, 0.2) is 5.84 Å². The molecule has 4 N–H and O–H groups in total. The van der Waals surface area contributed by atoms with E-state index in [-0.39, 0.29) is 11.5 Å². The van der Waals surface area contributed by atoms with Crippen molar-refractivity contribution in [2.24, 2.45) is 10.8 Å². The Balaban J connectivity index is 2.27. The Hall–Kier alpha value is -2.11. The summed E-state index contributed by atoms with van der Waals surface area (Å²) in [4.78, 5) is 2.17. The second-order valence-corrected chi connectivity index (χ2v) is 5.27. The maximum Gasteiger partial charge on any atom is 0.201 e. The Morgan fingerprint density at radius 1 is 1.48 bits per heavy atom. The van der Waals surface area contributed by atoms with E-state index in [1.807, 2.05) is 18.2 Å². The van der Waals surface area contributed by atoms with Gasteiger partial charge in [0, 0.05) is 17.6 Å². The van der Waals surface area contributed by atoms with E-state index in [0.717, 1.165) is 28.9 Å². The molecular weight excluding hydrogens is 336 g/mol. The number of hydrogen-bond donors (Lipinski definition) is 3. The molecule has 1 fully saturated rings. The van der Waals surface area contributed by atoms with E-state index in [1.54, 1.807) is 6.07 Å². The molecule has 2 rings (SSSR count). The number of nitrogens with zero attached hydrogens (tertiary/aromatic N) is 3. The fourth-order valence-corrected chi connectivity index (χ4v) is 2.30. The molecule has 0 amide bonds. The summed E-state index contributed by atoms with van der Waals surface area (Å²) in [6.45, 7) is 2.93. The van der Waals surface area contributed by atoms with Crippen molar-refractivity contribution < 1.29 is 4.74 Å². The molecule has 0 bridgehead atoms. The second kappa shape index (κ2) is 7.06. The molecular formula is C13H15BrN6O. The molecule has 0 aromatic heterocycles. The van der Waals surface area contributed by atoms with Crippen molar-refractivity contribution in [3.8, 4) is 6.07 Å². The van der Waals surface area contributed by atoms with Gasteiger partial charge in [0.05, 0.1) is 24.6 Å². The van der Waals surface area contributed by atoms with Crippen LogP contribution in [0.4, 0.5) is 11.4 Å². The van der Waals surface area contributed by atoms with Crippen molar-refractivity contribution in [3.63, 3.8) is 0 Å². The minimum Gasteiger partial charge on any atom is -0.382 e. The number of rotatable bonds is 4. The summed E-state index contributed by atoms with van der Waals surface area (Å²) in [5, 5.41) is 20.0. The summed E-state index contributed by atoms with van der Waals surface area (Å²) in [7, 11) is 0. The third-order valence-corrected chi connectivity index (χ3v) is 3.45. The van der Waals surface area contributed by atoms with Crippen LogP contribution in [0.15, 0.2) is 27.8 Å². The number of morpholine rings is 1. The minimum absolute atomic E-state index is 0.150. The van der Waals surface area contributed by atoms with E-state index < -0.39 is 0 Å². The molecule has 1 aromatic carbocycles. The van der Waals surface area contributed by atoms with Crippen LogP contribution in [0.5, 0.6) is 0 Å². The van der Waals surface area contributed by atoms with E-state index in [0.29, 0.717) is 13.2 Å². The molecule has 0 spiro atoms. The minimum atomic E-state index is -0.368. The van der Waals surface area contributed by atoms with Crippen LogP contribution in [0.3, 0.4) is 0 Å². The lowest BCUT2D eigenvalue weighted by Gasteiger charge is -2.30. The summed E-state index contributed by atoms with van der Waals surface area (Å²) in [5.74, 6) is -0.368. The van der Waals surface area contributed by atoms with E-state index in [4.69, 9.17) is 21.1 Å². The monoisotopic (exact) mass is 350 g/mol. The first-order chi connectivity index (χ1) is 10.1. The van der Waals surface area contributed by atoms with Gasteiger partial charge in [-0.2, -0.15) is 10.4 Å². The number of nitriles is 1. The van der Waals surface area contributed by atoms with Crippen molar-refractivity contribution in [1.29, 1.82) is 10.7 Å². The number of amidine groups is 1. The van der Waals surface area contributed by atoms with Crippen LogP contribution in [0.2, 0.25) is 0 Å². The first-order valence-electron chi connectivity index (χ1n) is 6.32. The molecule has 0 unspecified atom stereocenters. The quantitative estimate of drug-likeness (QED) is 0.433. The average Bonchev–Trinajstić information content (AvgIpc) is 2.48. The Labute approximate surface area is 131 Å². The molecule has 0 radical (unpaired) electrons. The fraction of sp³-hybridized carbons (Fsp3) is 0.308. The predicted molar refractivity (Wildman–Crippen MR) is 85.8 cm³/mol. The lowest BCUT2D eigenvalue weighted by molar-refractivity contribution is 0.123. The highest BCUT2D eigenvalue weighted by Crippen LogP contribution is 2.30. The topological polar surface area (TPSA) is 111 Å². The van der Waals surface area contributed by atoms with Gasteiger partial charge in [-0.3, -0.25) is 10.8 Å². The SMILES string of the molecule is N#C/C(=N\Nc1cc(Br)ccc1N1CCOCC1)C(=N)N. The molecule has 8 heteroatoms. The smallest absolute Gasteiger partial charge is 0.201 e. The normalized spacial score (nSPS) is 15.4. The van der Waals surface area contributed by atoms with Crippen molar-refractivity contribution in [2.75, 3.05) is 36.6 Å². The lowest BCUT2D eigenvalue weighted by Crippen LogP contribution is -2.36. The van der Waals surface area contributed by atoms with Crippen LogP contribution < -0.4 is 16.1 Å². The number of ether oxygens (including phenoxy) is 1. The summed E-state index contributed by atoms with van der Waals surface area (Å²) in [5.41, 5.74) is 9.64. The number of hydrazone groups is 1. The van der Waals surface area contributed by atoms with Crippen LogP contribution in [-0.2, 0) is 4.74 Å². The number of anilines is 2. The maximum absolute atomic E-state index is 8.87. The van der Waals surface area contributed by atoms with Gasteiger partial charge < -0.3 is 15.4 Å². The van der Waals surface area contributed by atoms with Crippen LogP contribution in [0.1, 0.15) is 0 Å². The van der Waals surface area contributed by atoms with Crippen LogP contribution in [0.25, 0.3) is 0 Å². The lowest BCUT2D eigenvalue weighted by atomic mass is 10.2. The van der Waals surface area contributed by atoms with E-state index in [1.165, 1.54) is 0 Å². The number of benzene rings is 1. The molecule has 0 aliphatic carbocycles. The fourth-order valence-electron chi connectivity index (χ4n) is 1.94. The zero-order valence-corrected chi connectivity index (χ0v) is 12.9. The van der Waals surface area contributed by atoms with Gasteiger partial charge in [0.1, 0.15) is 6.07 Å². The Morgan fingerprint density at radius 2 is 2.19 bits per heavy atom. The summed E-state index contributed by atoms with van der Waals surface area (Å²) >= 11 is 3.41. The van der Waals surface area contributed by atoms with Crippen LogP contribution in [-0.4, -0.2) is 37.9 Å². The highest BCUT2D eigenvalue weighted by molar-refractivity contribution is 9.10. The zero-order chi connectivity index (χ0) is 15.2. The first kappa shape index (κ1) is 15.3. The molecule has 1 heterocycles.